The molecule has 1 heterocycles. The van der Waals surface area contributed by atoms with Gasteiger partial charge in [-0.2, -0.15) is 0 Å². The molecule has 0 saturated heterocycles. The first kappa shape index (κ1) is 23.2. The third kappa shape index (κ3) is 4.45. The van der Waals surface area contributed by atoms with Gasteiger partial charge in [0.1, 0.15) is 0 Å². The molecule has 1 radical (unpaired) electrons. The molecular formula is C30H28BN2O2. The Kier molecular flexibility index (Phi) is 5.91. The topological polar surface area (TPSA) is 55.2 Å². The van der Waals surface area contributed by atoms with Crippen LogP contribution in [0.1, 0.15) is 27.7 Å². The zero-order valence-electron chi connectivity index (χ0n) is 20.5. The molecule has 0 fully saturated rings. The van der Waals surface area contributed by atoms with Crippen LogP contribution in [-0.4, -0.2) is 33.8 Å². The Hall–Kier alpha value is -3.54. The summed E-state index contributed by atoms with van der Waals surface area (Å²) in [5.41, 5.74) is 3.04. The molecule has 0 amide bonds. The molecule has 0 saturated carbocycles. The van der Waals surface area contributed by atoms with Crippen molar-refractivity contribution in [1.29, 1.82) is 0 Å². The molecule has 0 atom stereocenters. The van der Waals surface area contributed by atoms with Crippen LogP contribution in [0.15, 0.2) is 91.0 Å². The summed E-state index contributed by atoms with van der Waals surface area (Å²) in [7, 11) is 1.74. The van der Waals surface area contributed by atoms with E-state index >= 15 is 0 Å². The van der Waals surface area contributed by atoms with Gasteiger partial charge in [-0.25, -0.2) is 9.97 Å². The average molecular weight is 459 g/mol. The highest BCUT2D eigenvalue weighted by molar-refractivity contribution is 6.51. The quantitative estimate of drug-likeness (QED) is 0.320. The van der Waals surface area contributed by atoms with Crippen molar-refractivity contribution in [3.63, 3.8) is 0 Å². The Balaban J connectivity index is 1.64. The van der Waals surface area contributed by atoms with Crippen molar-refractivity contribution in [2.45, 2.75) is 38.9 Å². The van der Waals surface area contributed by atoms with Crippen LogP contribution in [0.2, 0.25) is 0 Å². The summed E-state index contributed by atoms with van der Waals surface area (Å²) >= 11 is 0. The van der Waals surface area contributed by atoms with Crippen LogP contribution < -0.4 is 5.46 Å². The first-order valence-electron chi connectivity index (χ1n) is 11.8. The highest BCUT2D eigenvalue weighted by atomic mass is 16.5. The van der Waals surface area contributed by atoms with Gasteiger partial charge in [0, 0.05) is 16.5 Å². The van der Waals surface area contributed by atoms with Crippen LogP contribution in [0, 0.1) is 0 Å². The van der Waals surface area contributed by atoms with Crippen LogP contribution in [0.5, 0.6) is 0 Å². The highest BCUT2D eigenvalue weighted by Crippen LogP contribution is 2.32. The maximum atomic E-state index is 10.5. The number of aliphatic hydroxyl groups is 1. The molecular weight excluding hydrogens is 431 g/mol. The second-order valence-corrected chi connectivity index (χ2v) is 9.83. The van der Waals surface area contributed by atoms with Gasteiger partial charge in [-0.15, -0.1) is 0 Å². The number of hydrogen-bond acceptors (Lipinski definition) is 4. The Morgan fingerprint density at radius 3 is 2.03 bits per heavy atom. The maximum Gasteiger partial charge on any atom is 0.331 e. The molecule has 1 aromatic heterocycles. The third-order valence-corrected chi connectivity index (χ3v) is 6.80. The second kappa shape index (κ2) is 8.92. The fraction of sp³-hybridized carbons (Fsp3) is 0.200. The van der Waals surface area contributed by atoms with Gasteiger partial charge in [0.15, 0.2) is 5.82 Å². The van der Waals surface area contributed by atoms with Gasteiger partial charge in [0.2, 0.25) is 0 Å². The van der Waals surface area contributed by atoms with E-state index in [0.717, 1.165) is 44.0 Å². The van der Waals surface area contributed by atoms with Crippen LogP contribution in [0.25, 0.3) is 44.3 Å². The zero-order valence-corrected chi connectivity index (χ0v) is 20.5. The third-order valence-electron chi connectivity index (χ3n) is 6.80. The van der Waals surface area contributed by atoms with Crippen LogP contribution in [0.3, 0.4) is 0 Å². The van der Waals surface area contributed by atoms with E-state index in [9.17, 15) is 5.11 Å². The van der Waals surface area contributed by atoms with Crippen molar-refractivity contribution in [2.24, 2.45) is 0 Å². The van der Waals surface area contributed by atoms with E-state index in [1.807, 2.05) is 74.5 Å². The minimum Gasteiger partial charge on any atom is -0.427 e. The average Bonchev–Trinajstić information content (AvgIpc) is 2.86. The number of fused-ring (bicyclic) bond motifs is 2. The number of aromatic nitrogens is 2. The van der Waals surface area contributed by atoms with Gasteiger partial charge in [-0.3, -0.25) is 0 Å². The molecule has 4 aromatic carbocycles. The Bertz CT molecular complexity index is 1510. The molecule has 173 valence electrons. The van der Waals surface area contributed by atoms with Gasteiger partial charge in [0.25, 0.3) is 0 Å². The lowest BCUT2D eigenvalue weighted by atomic mass is 9.79. The highest BCUT2D eigenvalue weighted by Gasteiger charge is 2.35. The standard InChI is InChI=1S/C30H28BN2O2/c1-29(2,34)30(3,4)35-31-25-19-18-23(21-14-8-9-15-22(21)25)28-32-26-17-11-10-16-24(26)27(33-28)20-12-6-5-7-13-20/h5-19,34H,1-4H3. The van der Waals surface area contributed by atoms with Crippen molar-refractivity contribution >= 4 is 34.6 Å². The van der Waals surface area contributed by atoms with Gasteiger partial charge in [0.05, 0.1) is 22.4 Å². The Morgan fingerprint density at radius 1 is 0.686 bits per heavy atom. The van der Waals surface area contributed by atoms with Crippen molar-refractivity contribution in [1.82, 2.24) is 9.97 Å². The summed E-state index contributed by atoms with van der Waals surface area (Å²) in [5, 5.41) is 13.6. The summed E-state index contributed by atoms with van der Waals surface area (Å²) in [6, 6.07) is 30.6. The van der Waals surface area contributed by atoms with Crippen molar-refractivity contribution < 1.29 is 9.76 Å². The van der Waals surface area contributed by atoms with Crippen molar-refractivity contribution in [3.05, 3.63) is 91.0 Å². The summed E-state index contributed by atoms with van der Waals surface area (Å²) in [6.07, 6.45) is 0. The smallest absolute Gasteiger partial charge is 0.331 e. The number of nitrogens with zero attached hydrogens (tertiary/aromatic N) is 2. The van der Waals surface area contributed by atoms with Gasteiger partial charge in [-0.1, -0.05) is 84.9 Å². The first-order valence-corrected chi connectivity index (χ1v) is 11.8. The number of hydrogen-bond donors (Lipinski definition) is 1. The molecule has 35 heavy (non-hydrogen) atoms. The van der Waals surface area contributed by atoms with Gasteiger partial charge >= 0.3 is 7.48 Å². The van der Waals surface area contributed by atoms with E-state index in [-0.39, 0.29) is 0 Å². The molecule has 4 nitrogen and oxygen atoms in total. The molecule has 1 N–H and O–H groups in total. The molecule has 5 heteroatoms. The molecule has 0 bridgehead atoms. The minimum absolute atomic E-state index is 0.683. The molecule has 5 rings (SSSR count). The minimum atomic E-state index is -0.994. The van der Waals surface area contributed by atoms with E-state index in [2.05, 4.69) is 30.3 Å². The molecule has 0 aliphatic heterocycles. The lowest BCUT2D eigenvalue weighted by molar-refractivity contribution is -0.0893. The summed E-state index contributed by atoms with van der Waals surface area (Å²) < 4.78 is 6.06. The summed E-state index contributed by atoms with van der Waals surface area (Å²) in [6.45, 7) is 7.27. The number of para-hydroxylation sites is 1. The molecule has 0 unspecified atom stereocenters. The van der Waals surface area contributed by atoms with Crippen LogP contribution in [-0.2, 0) is 4.65 Å². The summed E-state index contributed by atoms with van der Waals surface area (Å²) in [5.74, 6) is 0.683. The van der Waals surface area contributed by atoms with Crippen LogP contribution in [0.4, 0.5) is 0 Å². The van der Waals surface area contributed by atoms with E-state index in [4.69, 9.17) is 14.6 Å². The Labute approximate surface area is 206 Å². The van der Waals surface area contributed by atoms with E-state index in [1.165, 1.54) is 0 Å². The summed E-state index contributed by atoms with van der Waals surface area (Å²) in [4.78, 5) is 10.00. The fourth-order valence-electron chi connectivity index (χ4n) is 3.99. The molecule has 0 aliphatic rings. The predicted octanol–water partition coefficient (Wildman–Crippen LogP) is 5.93. The molecule has 0 aliphatic carbocycles. The van der Waals surface area contributed by atoms with Gasteiger partial charge < -0.3 is 9.76 Å². The fourth-order valence-corrected chi connectivity index (χ4v) is 3.99. The number of rotatable bonds is 6. The largest absolute Gasteiger partial charge is 0.427 e. The van der Waals surface area contributed by atoms with E-state index in [0.29, 0.717) is 5.82 Å². The van der Waals surface area contributed by atoms with E-state index < -0.39 is 11.2 Å². The van der Waals surface area contributed by atoms with E-state index in [1.54, 1.807) is 21.3 Å². The van der Waals surface area contributed by atoms with Gasteiger partial charge in [-0.05, 0) is 50.0 Å². The first-order chi connectivity index (χ1) is 16.7. The van der Waals surface area contributed by atoms with Crippen molar-refractivity contribution in [2.75, 3.05) is 0 Å². The maximum absolute atomic E-state index is 10.5. The normalized spacial score (nSPS) is 12.3. The Morgan fingerprint density at radius 2 is 1.31 bits per heavy atom. The lowest BCUT2D eigenvalue weighted by Crippen LogP contribution is -2.49. The lowest BCUT2D eigenvalue weighted by Gasteiger charge is -2.37. The monoisotopic (exact) mass is 459 g/mol. The molecule has 0 spiro atoms. The molecule has 5 aromatic rings. The SMILES string of the molecule is CC(C)(O)C(C)(C)O[B]c1ccc(-c2nc(-c3ccccc3)c3ccccc3n2)c2ccccc12. The second-order valence-electron chi connectivity index (χ2n) is 9.83. The van der Waals surface area contributed by atoms with Crippen molar-refractivity contribution in [3.8, 4) is 22.6 Å². The predicted molar refractivity (Wildman–Crippen MR) is 145 cm³/mol. The zero-order chi connectivity index (χ0) is 24.6. The van der Waals surface area contributed by atoms with Crippen LogP contribution >= 0.6 is 0 Å². The number of benzene rings is 4.